The smallest absolute Gasteiger partial charge is 0.303 e. The molecular formula is C13H14O3. The highest BCUT2D eigenvalue weighted by Crippen LogP contribution is 2.22. The predicted molar refractivity (Wildman–Crippen MR) is 61.4 cm³/mol. The molecule has 1 aromatic heterocycles. The first-order valence-electron chi connectivity index (χ1n) is 5.44. The number of carboxylic acid groups (broad SMARTS) is 1. The summed E-state index contributed by atoms with van der Waals surface area (Å²) in [4.78, 5) is 10.4. The molecule has 0 amide bonds. The Morgan fingerprint density at radius 1 is 1.25 bits per heavy atom. The van der Waals surface area contributed by atoms with E-state index in [0.717, 1.165) is 30.2 Å². The van der Waals surface area contributed by atoms with Crippen LogP contribution in [0.2, 0.25) is 0 Å². The van der Waals surface area contributed by atoms with Crippen LogP contribution in [0.5, 0.6) is 0 Å². The fourth-order valence-corrected chi connectivity index (χ4v) is 1.82. The molecule has 0 unspecified atom stereocenters. The van der Waals surface area contributed by atoms with Crippen molar-refractivity contribution in [3.63, 3.8) is 0 Å². The highest BCUT2D eigenvalue weighted by molar-refractivity contribution is 5.80. The zero-order valence-electron chi connectivity index (χ0n) is 8.98. The molecule has 2 aromatic rings. The first-order valence-corrected chi connectivity index (χ1v) is 5.44. The Balaban J connectivity index is 1.97. The number of fused-ring (bicyclic) bond motifs is 1. The van der Waals surface area contributed by atoms with E-state index in [-0.39, 0.29) is 6.42 Å². The molecule has 0 saturated heterocycles. The second kappa shape index (κ2) is 4.84. The number of para-hydroxylation sites is 1. The van der Waals surface area contributed by atoms with Crippen LogP contribution in [0.3, 0.4) is 0 Å². The number of hydrogen-bond acceptors (Lipinski definition) is 2. The van der Waals surface area contributed by atoms with Crippen LogP contribution in [-0.2, 0) is 11.2 Å². The molecule has 0 aliphatic carbocycles. The summed E-state index contributed by atoms with van der Waals surface area (Å²) < 4.78 is 5.41. The number of hydrogen-bond donors (Lipinski definition) is 1. The summed E-state index contributed by atoms with van der Waals surface area (Å²) in [6.45, 7) is 0. The minimum atomic E-state index is -0.725. The lowest BCUT2D eigenvalue weighted by molar-refractivity contribution is -0.137. The standard InChI is InChI=1S/C13H14O3/c14-13(15)8-4-1-5-10-9-16-12-7-3-2-6-11(10)12/h2-3,6-7,9H,1,4-5,8H2,(H,14,15). The minimum absolute atomic E-state index is 0.246. The molecule has 0 fully saturated rings. The Bertz CT molecular complexity index is 485. The van der Waals surface area contributed by atoms with Gasteiger partial charge in [-0.1, -0.05) is 18.2 Å². The quantitative estimate of drug-likeness (QED) is 0.784. The normalized spacial score (nSPS) is 10.8. The lowest BCUT2D eigenvalue weighted by atomic mass is 10.1. The summed E-state index contributed by atoms with van der Waals surface area (Å²) in [5, 5.41) is 9.66. The molecule has 0 spiro atoms. The van der Waals surface area contributed by atoms with E-state index < -0.39 is 5.97 Å². The van der Waals surface area contributed by atoms with Gasteiger partial charge in [0.15, 0.2) is 0 Å². The van der Waals surface area contributed by atoms with Crippen LogP contribution in [0.15, 0.2) is 34.9 Å². The van der Waals surface area contributed by atoms with E-state index in [9.17, 15) is 4.79 Å². The lowest BCUT2D eigenvalue weighted by Gasteiger charge is -1.97. The van der Waals surface area contributed by atoms with Gasteiger partial charge >= 0.3 is 5.97 Å². The van der Waals surface area contributed by atoms with Crippen molar-refractivity contribution in [2.45, 2.75) is 25.7 Å². The van der Waals surface area contributed by atoms with Crippen LogP contribution in [0.25, 0.3) is 11.0 Å². The summed E-state index contributed by atoms with van der Waals surface area (Å²) in [6.07, 6.45) is 4.50. The molecular weight excluding hydrogens is 204 g/mol. The van der Waals surface area contributed by atoms with Crippen molar-refractivity contribution < 1.29 is 14.3 Å². The van der Waals surface area contributed by atoms with E-state index in [1.165, 1.54) is 5.56 Å². The van der Waals surface area contributed by atoms with Gasteiger partial charge in [-0.25, -0.2) is 0 Å². The molecule has 0 atom stereocenters. The number of aryl methyl sites for hydroxylation is 1. The zero-order chi connectivity index (χ0) is 11.4. The predicted octanol–water partition coefficient (Wildman–Crippen LogP) is 3.23. The number of rotatable bonds is 5. The molecule has 3 heteroatoms. The molecule has 0 bridgehead atoms. The summed E-state index contributed by atoms with van der Waals surface area (Å²) in [7, 11) is 0. The fraction of sp³-hybridized carbons (Fsp3) is 0.308. The van der Waals surface area contributed by atoms with Gasteiger partial charge in [-0.3, -0.25) is 4.79 Å². The molecule has 0 saturated carbocycles. The van der Waals surface area contributed by atoms with Crippen LogP contribution >= 0.6 is 0 Å². The molecule has 1 N–H and O–H groups in total. The van der Waals surface area contributed by atoms with Crippen molar-refractivity contribution in [3.8, 4) is 0 Å². The highest BCUT2D eigenvalue weighted by atomic mass is 16.4. The molecule has 84 valence electrons. The summed E-state index contributed by atoms with van der Waals surface area (Å²) in [5.74, 6) is -0.725. The van der Waals surface area contributed by atoms with Crippen LogP contribution in [0.1, 0.15) is 24.8 Å². The molecule has 1 aromatic carbocycles. The number of furan rings is 1. The fourth-order valence-electron chi connectivity index (χ4n) is 1.82. The molecule has 0 aliphatic rings. The Hall–Kier alpha value is -1.77. The minimum Gasteiger partial charge on any atom is -0.481 e. The highest BCUT2D eigenvalue weighted by Gasteiger charge is 2.04. The van der Waals surface area contributed by atoms with Gasteiger partial charge in [-0.15, -0.1) is 0 Å². The van der Waals surface area contributed by atoms with Gasteiger partial charge in [0.1, 0.15) is 5.58 Å². The van der Waals surface area contributed by atoms with Gasteiger partial charge in [0, 0.05) is 11.8 Å². The van der Waals surface area contributed by atoms with Crippen molar-refractivity contribution in [3.05, 3.63) is 36.1 Å². The second-order valence-electron chi connectivity index (χ2n) is 3.86. The van der Waals surface area contributed by atoms with Crippen LogP contribution < -0.4 is 0 Å². The van der Waals surface area contributed by atoms with Crippen molar-refractivity contribution >= 4 is 16.9 Å². The molecule has 1 heterocycles. The summed E-state index contributed by atoms with van der Waals surface area (Å²) in [5.41, 5.74) is 2.07. The first kappa shape index (κ1) is 10.7. The topological polar surface area (TPSA) is 50.4 Å². The van der Waals surface area contributed by atoms with Gasteiger partial charge in [-0.05, 0) is 30.9 Å². The molecule has 2 rings (SSSR count). The van der Waals surface area contributed by atoms with Gasteiger partial charge in [0.25, 0.3) is 0 Å². The van der Waals surface area contributed by atoms with E-state index in [1.54, 1.807) is 6.26 Å². The number of unbranched alkanes of at least 4 members (excludes halogenated alkanes) is 1. The Kier molecular flexibility index (Phi) is 3.25. The average Bonchev–Trinajstić information content (AvgIpc) is 2.68. The SMILES string of the molecule is O=C(O)CCCCc1coc2ccccc12. The first-order chi connectivity index (χ1) is 7.77. The molecule has 0 radical (unpaired) electrons. The maximum Gasteiger partial charge on any atom is 0.303 e. The van der Waals surface area contributed by atoms with Gasteiger partial charge in [-0.2, -0.15) is 0 Å². The Morgan fingerprint density at radius 2 is 2.06 bits per heavy atom. The van der Waals surface area contributed by atoms with Gasteiger partial charge in [0.2, 0.25) is 0 Å². The monoisotopic (exact) mass is 218 g/mol. The van der Waals surface area contributed by atoms with Crippen molar-refractivity contribution in [1.29, 1.82) is 0 Å². The number of carboxylic acids is 1. The van der Waals surface area contributed by atoms with Gasteiger partial charge < -0.3 is 9.52 Å². The number of carbonyl (C=O) groups is 1. The van der Waals surface area contributed by atoms with E-state index in [4.69, 9.17) is 9.52 Å². The third-order valence-corrected chi connectivity index (χ3v) is 2.65. The largest absolute Gasteiger partial charge is 0.481 e. The Morgan fingerprint density at radius 3 is 2.88 bits per heavy atom. The number of benzene rings is 1. The third-order valence-electron chi connectivity index (χ3n) is 2.65. The van der Waals surface area contributed by atoms with E-state index in [0.29, 0.717) is 0 Å². The summed E-state index contributed by atoms with van der Waals surface area (Å²) in [6, 6.07) is 7.90. The van der Waals surface area contributed by atoms with E-state index >= 15 is 0 Å². The van der Waals surface area contributed by atoms with Crippen LogP contribution in [-0.4, -0.2) is 11.1 Å². The maximum absolute atomic E-state index is 10.4. The van der Waals surface area contributed by atoms with E-state index in [1.807, 2.05) is 24.3 Å². The van der Waals surface area contributed by atoms with Crippen LogP contribution in [0.4, 0.5) is 0 Å². The second-order valence-corrected chi connectivity index (χ2v) is 3.86. The van der Waals surface area contributed by atoms with Crippen LogP contribution in [0, 0.1) is 0 Å². The lowest BCUT2D eigenvalue weighted by Crippen LogP contribution is -1.94. The molecule has 0 aliphatic heterocycles. The van der Waals surface area contributed by atoms with E-state index in [2.05, 4.69) is 0 Å². The Labute approximate surface area is 93.7 Å². The van der Waals surface area contributed by atoms with Crippen molar-refractivity contribution in [1.82, 2.24) is 0 Å². The maximum atomic E-state index is 10.4. The number of aliphatic carboxylic acids is 1. The molecule has 3 nitrogen and oxygen atoms in total. The zero-order valence-corrected chi connectivity index (χ0v) is 8.98. The van der Waals surface area contributed by atoms with Crippen molar-refractivity contribution in [2.24, 2.45) is 0 Å². The van der Waals surface area contributed by atoms with Gasteiger partial charge in [0.05, 0.1) is 6.26 Å². The third kappa shape index (κ3) is 2.42. The molecule has 16 heavy (non-hydrogen) atoms. The average molecular weight is 218 g/mol. The van der Waals surface area contributed by atoms with Crippen molar-refractivity contribution in [2.75, 3.05) is 0 Å². The summed E-state index contributed by atoms with van der Waals surface area (Å²) >= 11 is 0.